The van der Waals surface area contributed by atoms with E-state index in [1.807, 2.05) is 6.92 Å². The largest absolute Gasteiger partial charge is 0.378 e. The van der Waals surface area contributed by atoms with Gasteiger partial charge >= 0.3 is 0 Å². The highest BCUT2D eigenvalue weighted by atomic mass is 19.1. The molecule has 3 nitrogen and oxygen atoms in total. The highest BCUT2D eigenvalue weighted by molar-refractivity contribution is 5.21. The third-order valence-corrected chi connectivity index (χ3v) is 3.66. The molecule has 0 saturated carbocycles. The van der Waals surface area contributed by atoms with Crippen molar-refractivity contribution < 1.29 is 18.3 Å². The van der Waals surface area contributed by atoms with Gasteiger partial charge in [-0.05, 0) is 13.0 Å². The van der Waals surface area contributed by atoms with Crippen molar-refractivity contribution in [3.63, 3.8) is 0 Å². The van der Waals surface area contributed by atoms with E-state index in [9.17, 15) is 8.78 Å². The van der Waals surface area contributed by atoms with E-state index < -0.39 is 11.6 Å². The maximum atomic E-state index is 13.6. The van der Waals surface area contributed by atoms with E-state index in [-0.39, 0.29) is 11.6 Å². The smallest absolute Gasteiger partial charge is 0.130 e. The van der Waals surface area contributed by atoms with Gasteiger partial charge in [0.1, 0.15) is 17.2 Å². The lowest BCUT2D eigenvalue weighted by Gasteiger charge is -2.28. The van der Waals surface area contributed by atoms with E-state index in [2.05, 4.69) is 5.32 Å². The second-order valence-electron chi connectivity index (χ2n) is 4.96. The average molecular weight is 271 g/mol. The van der Waals surface area contributed by atoms with Crippen LogP contribution in [-0.2, 0) is 9.47 Å². The normalized spacial score (nSPS) is 24.6. The van der Waals surface area contributed by atoms with Crippen molar-refractivity contribution >= 4 is 0 Å². The molecule has 1 aliphatic rings. The van der Waals surface area contributed by atoms with Crippen LogP contribution in [0.25, 0.3) is 0 Å². The van der Waals surface area contributed by atoms with Crippen LogP contribution >= 0.6 is 0 Å². The molecular formula is C14H19F2NO2. The molecule has 2 rings (SSSR count). The van der Waals surface area contributed by atoms with Crippen LogP contribution in [0.15, 0.2) is 18.2 Å². The maximum Gasteiger partial charge on any atom is 0.130 e. The highest BCUT2D eigenvalue weighted by Crippen LogP contribution is 2.24. The van der Waals surface area contributed by atoms with Crippen LogP contribution in [0, 0.1) is 11.6 Å². The molecule has 0 spiro atoms. The van der Waals surface area contributed by atoms with Gasteiger partial charge in [0.25, 0.3) is 0 Å². The number of nitrogens with one attached hydrogen (secondary N) is 1. The summed E-state index contributed by atoms with van der Waals surface area (Å²) in [6.07, 6.45) is 0.815. The number of ether oxygens (including phenoxy) is 2. The van der Waals surface area contributed by atoms with Crippen LogP contribution in [0.2, 0.25) is 0 Å². The highest BCUT2D eigenvalue weighted by Gasteiger charge is 2.35. The van der Waals surface area contributed by atoms with Gasteiger partial charge < -0.3 is 14.8 Å². The fraction of sp³-hybridized carbons (Fsp3) is 0.571. The van der Waals surface area contributed by atoms with Gasteiger partial charge in [-0.2, -0.15) is 0 Å². The van der Waals surface area contributed by atoms with Crippen molar-refractivity contribution in [1.29, 1.82) is 0 Å². The van der Waals surface area contributed by atoms with Crippen LogP contribution in [0.5, 0.6) is 0 Å². The molecule has 2 atom stereocenters. The van der Waals surface area contributed by atoms with Gasteiger partial charge in [0, 0.05) is 44.4 Å². The fourth-order valence-corrected chi connectivity index (χ4v) is 2.26. The summed E-state index contributed by atoms with van der Waals surface area (Å²) in [5.74, 6) is -1.10. The second-order valence-corrected chi connectivity index (χ2v) is 4.96. The Balaban J connectivity index is 1.99. The first-order chi connectivity index (χ1) is 9.06. The Bertz CT molecular complexity index is 433. The molecule has 2 unspecified atom stereocenters. The maximum absolute atomic E-state index is 13.6. The minimum Gasteiger partial charge on any atom is -0.378 e. The number of hydrogen-bond donors (Lipinski definition) is 1. The summed E-state index contributed by atoms with van der Waals surface area (Å²) in [7, 11) is 1.65. The molecule has 0 amide bonds. The van der Waals surface area contributed by atoms with Crippen LogP contribution in [0.3, 0.4) is 0 Å². The minimum absolute atomic E-state index is 0.215. The summed E-state index contributed by atoms with van der Waals surface area (Å²) < 4.78 is 37.3. The van der Waals surface area contributed by atoms with Crippen molar-refractivity contribution in [2.75, 3.05) is 26.9 Å². The second kappa shape index (κ2) is 5.94. The molecule has 0 aromatic heterocycles. The molecule has 0 bridgehead atoms. The topological polar surface area (TPSA) is 30.5 Å². The number of hydrogen-bond acceptors (Lipinski definition) is 3. The zero-order chi connectivity index (χ0) is 13.9. The summed E-state index contributed by atoms with van der Waals surface area (Å²) in [5, 5.41) is 3.23. The molecule has 1 saturated heterocycles. The number of methoxy groups -OCH3 is 1. The zero-order valence-electron chi connectivity index (χ0n) is 11.2. The molecule has 5 heteroatoms. The molecule has 1 aliphatic heterocycles. The molecule has 1 aromatic carbocycles. The van der Waals surface area contributed by atoms with Gasteiger partial charge in [-0.3, -0.25) is 0 Å². The molecule has 106 valence electrons. The fourth-order valence-electron chi connectivity index (χ4n) is 2.26. The predicted octanol–water partition coefficient (Wildman–Crippen LogP) is 2.42. The molecule has 19 heavy (non-hydrogen) atoms. The first-order valence-electron chi connectivity index (χ1n) is 6.37. The van der Waals surface area contributed by atoms with Gasteiger partial charge in [-0.15, -0.1) is 0 Å². The van der Waals surface area contributed by atoms with Gasteiger partial charge in [-0.25, -0.2) is 8.78 Å². The van der Waals surface area contributed by atoms with Crippen molar-refractivity contribution in [3.8, 4) is 0 Å². The molecule has 1 aromatic rings. The SMILES string of the molecule is COC1(CNC(C)c2ccc(F)cc2F)CCOC1. The van der Waals surface area contributed by atoms with Crippen molar-refractivity contribution in [2.24, 2.45) is 0 Å². The molecular weight excluding hydrogens is 252 g/mol. The van der Waals surface area contributed by atoms with E-state index in [1.165, 1.54) is 12.1 Å². The Morgan fingerprint density at radius 2 is 2.26 bits per heavy atom. The van der Waals surface area contributed by atoms with Gasteiger partial charge in [0.15, 0.2) is 0 Å². The summed E-state index contributed by atoms with van der Waals surface area (Å²) >= 11 is 0. The van der Waals surface area contributed by atoms with Crippen molar-refractivity contribution in [3.05, 3.63) is 35.4 Å². The average Bonchev–Trinajstić information content (AvgIpc) is 2.85. The number of benzene rings is 1. The van der Waals surface area contributed by atoms with E-state index >= 15 is 0 Å². The van der Waals surface area contributed by atoms with Crippen LogP contribution in [-0.4, -0.2) is 32.5 Å². The van der Waals surface area contributed by atoms with Gasteiger partial charge in [0.2, 0.25) is 0 Å². The zero-order valence-corrected chi connectivity index (χ0v) is 11.2. The Morgan fingerprint density at radius 3 is 2.84 bits per heavy atom. The monoisotopic (exact) mass is 271 g/mol. The molecule has 0 radical (unpaired) electrons. The Hall–Kier alpha value is -1.04. The first kappa shape index (κ1) is 14.4. The third-order valence-electron chi connectivity index (χ3n) is 3.66. The van der Waals surface area contributed by atoms with Gasteiger partial charge in [-0.1, -0.05) is 6.07 Å². The number of rotatable bonds is 5. The molecule has 1 fully saturated rings. The summed E-state index contributed by atoms with van der Waals surface area (Å²) in [6.45, 7) is 3.63. The lowest BCUT2D eigenvalue weighted by molar-refractivity contribution is -0.0172. The standard InChI is InChI=1S/C14H19F2NO2/c1-10(12-4-3-11(15)7-13(12)16)17-8-14(18-2)5-6-19-9-14/h3-4,7,10,17H,5-6,8-9H2,1-2H3. The lowest BCUT2D eigenvalue weighted by atomic mass is 10.0. The van der Waals surface area contributed by atoms with Crippen LogP contribution < -0.4 is 5.32 Å². The Morgan fingerprint density at radius 1 is 1.47 bits per heavy atom. The molecule has 0 aliphatic carbocycles. The summed E-state index contributed by atoms with van der Waals surface area (Å²) in [5.41, 5.74) is 0.108. The quantitative estimate of drug-likeness (QED) is 0.892. The Kier molecular flexibility index (Phi) is 4.50. The van der Waals surface area contributed by atoms with Crippen LogP contribution in [0.1, 0.15) is 24.9 Å². The van der Waals surface area contributed by atoms with Gasteiger partial charge in [0.05, 0.1) is 6.61 Å². The predicted molar refractivity (Wildman–Crippen MR) is 68.0 cm³/mol. The first-order valence-corrected chi connectivity index (χ1v) is 6.37. The number of halogens is 2. The van der Waals surface area contributed by atoms with Crippen LogP contribution in [0.4, 0.5) is 8.78 Å². The van der Waals surface area contributed by atoms with E-state index in [4.69, 9.17) is 9.47 Å². The molecule has 1 heterocycles. The lowest BCUT2D eigenvalue weighted by Crippen LogP contribution is -2.43. The Labute approximate surface area is 111 Å². The summed E-state index contributed by atoms with van der Waals surface area (Å²) in [6, 6.07) is 3.42. The van der Waals surface area contributed by atoms with Crippen molar-refractivity contribution in [2.45, 2.75) is 25.0 Å². The van der Waals surface area contributed by atoms with Crippen molar-refractivity contribution in [1.82, 2.24) is 5.32 Å². The van der Waals surface area contributed by atoms with E-state index in [1.54, 1.807) is 7.11 Å². The molecule has 1 N–H and O–H groups in total. The minimum atomic E-state index is -0.564. The third kappa shape index (κ3) is 3.29. The summed E-state index contributed by atoms with van der Waals surface area (Å²) in [4.78, 5) is 0. The van der Waals surface area contributed by atoms with E-state index in [0.29, 0.717) is 25.3 Å². The van der Waals surface area contributed by atoms with E-state index in [0.717, 1.165) is 12.5 Å².